The standard InChI is InChI=1S/C38H22N2S/c1-3-12-26-24(10-1)30-19-20-33-37(40-22-21-39-33)36(30)28-13-4-2-9-23(28)27-14-7-15-29(35(26)27)32-17-8-16-31-25-11-5-6-18-34(25)41-38(31)32/h1-22H. The number of benzene rings is 6. The zero-order chi connectivity index (χ0) is 26.9. The van der Waals surface area contributed by atoms with E-state index in [1.165, 1.54) is 70.2 Å². The number of aromatic nitrogens is 2. The van der Waals surface area contributed by atoms with E-state index in [1.54, 1.807) is 12.4 Å². The summed E-state index contributed by atoms with van der Waals surface area (Å²) in [5.41, 5.74) is 14.0. The van der Waals surface area contributed by atoms with Crippen LogP contribution in [0.25, 0.3) is 86.8 Å². The van der Waals surface area contributed by atoms with Crippen LogP contribution in [-0.4, -0.2) is 9.97 Å². The maximum Gasteiger partial charge on any atom is 0.0971 e. The quantitative estimate of drug-likeness (QED) is 0.208. The first kappa shape index (κ1) is 22.7. The molecule has 0 fully saturated rings. The van der Waals surface area contributed by atoms with Crippen LogP contribution >= 0.6 is 11.3 Å². The van der Waals surface area contributed by atoms with E-state index in [4.69, 9.17) is 4.98 Å². The van der Waals surface area contributed by atoms with Crippen molar-refractivity contribution in [3.8, 4) is 55.6 Å². The van der Waals surface area contributed by atoms with Gasteiger partial charge in [-0.25, -0.2) is 0 Å². The average molecular weight is 539 g/mol. The SMILES string of the molecule is c1ccc2c(c1)-c1ccc3nccnc3c1-c1ccccc1-c1cccc(-c3cccc4c3sc3ccccc34)c1-2. The highest BCUT2D eigenvalue weighted by Crippen LogP contribution is 2.52. The zero-order valence-electron chi connectivity index (χ0n) is 22.0. The Bertz CT molecular complexity index is 2320. The highest BCUT2D eigenvalue weighted by atomic mass is 32.1. The lowest BCUT2D eigenvalue weighted by Crippen LogP contribution is -2.00. The van der Waals surface area contributed by atoms with Crippen molar-refractivity contribution in [2.75, 3.05) is 0 Å². The minimum absolute atomic E-state index is 0.907. The third-order valence-corrected chi connectivity index (χ3v) is 9.59. The van der Waals surface area contributed by atoms with E-state index in [0.717, 1.165) is 16.6 Å². The number of nitrogens with zero attached hydrogens (tertiary/aromatic N) is 2. The molecular weight excluding hydrogens is 516 g/mol. The lowest BCUT2D eigenvalue weighted by Gasteiger charge is -2.25. The smallest absolute Gasteiger partial charge is 0.0971 e. The molecule has 190 valence electrons. The van der Waals surface area contributed by atoms with Gasteiger partial charge in [0.25, 0.3) is 0 Å². The molecule has 0 N–H and O–H groups in total. The normalized spacial score (nSPS) is 11.9. The number of thiophene rings is 1. The van der Waals surface area contributed by atoms with Crippen LogP contribution in [0.1, 0.15) is 0 Å². The zero-order valence-corrected chi connectivity index (χ0v) is 22.8. The van der Waals surface area contributed by atoms with Gasteiger partial charge >= 0.3 is 0 Å². The van der Waals surface area contributed by atoms with E-state index in [2.05, 4.69) is 126 Å². The molecule has 9 rings (SSSR count). The summed E-state index contributed by atoms with van der Waals surface area (Å²) in [6.45, 7) is 0. The summed E-state index contributed by atoms with van der Waals surface area (Å²) in [6, 6.07) is 44.2. The van der Waals surface area contributed by atoms with Crippen LogP contribution in [-0.2, 0) is 0 Å². The average Bonchev–Trinajstić information content (AvgIpc) is 3.42. The van der Waals surface area contributed by atoms with Crippen molar-refractivity contribution >= 4 is 42.5 Å². The van der Waals surface area contributed by atoms with Crippen molar-refractivity contribution in [1.82, 2.24) is 9.97 Å². The molecule has 41 heavy (non-hydrogen) atoms. The molecule has 2 aromatic heterocycles. The van der Waals surface area contributed by atoms with Crippen LogP contribution in [0, 0.1) is 0 Å². The van der Waals surface area contributed by atoms with Crippen molar-refractivity contribution in [2.24, 2.45) is 0 Å². The third-order valence-electron chi connectivity index (χ3n) is 8.37. The molecule has 0 saturated carbocycles. The summed E-state index contributed by atoms with van der Waals surface area (Å²) < 4.78 is 2.65. The second-order valence-corrected chi connectivity index (χ2v) is 11.6. The van der Waals surface area contributed by atoms with Gasteiger partial charge in [0.05, 0.1) is 11.0 Å². The number of fused-ring (bicyclic) bond motifs is 13. The highest BCUT2D eigenvalue weighted by molar-refractivity contribution is 7.26. The first-order valence-electron chi connectivity index (χ1n) is 13.8. The predicted molar refractivity (Wildman–Crippen MR) is 173 cm³/mol. The molecule has 0 atom stereocenters. The molecular formula is C38H22N2S. The summed E-state index contributed by atoms with van der Waals surface area (Å²) >= 11 is 1.88. The van der Waals surface area contributed by atoms with Gasteiger partial charge in [-0.1, -0.05) is 109 Å². The maximum atomic E-state index is 4.85. The Labute approximate surface area is 241 Å². The first-order chi connectivity index (χ1) is 20.4. The van der Waals surface area contributed by atoms with Crippen molar-refractivity contribution in [2.45, 2.75) is 0 Å². The van der Waals surface area contributed by atoms with E-state index in [1.807, 2.05) is 11.3 Å². The lowest BCUT2D eigenvalue weighted by molar-refractivity contribution is 1.29. The van der Waals surface area contributed by atoms with Crippen molar-refractivity contribution in [1.29, 1.82) is 0 Å². The summed E-state index contributed by atoms with van der Waals surface area (Å²) in [5.74, 6) is 0. The monoisotopic (exact) mass is 538 g/mol. The van der Waals surface area contributed by atoms with Crippen LogP contribution in [0.15, 0.2) is 134 Å². The molecule has 3 heteroatoms. The second-order valence-electron chi connectivity index (χ2n) is 10.5. The number of hydrogen-bond acceptors (Lipinski definition) is 3. The van der Waals surface area contributed by atoms with Crippen LogP contribution in [0.4, 0.5) is 0 Å². The Hall–Kier alpha value is -5.12. The number of rotatable bonds is 1. The molecule has 8 aromatic rings. The predicted octanol–water partition coefficient (Wildman–Crippen LogP) is 10.6. The minimum atomic E-state index is 0.907. The van der Waals surface area contributed by atoms with E-state index < -0.39 is 0 Å². The largest absolute Gasteiger partial charge is 0.253 e. The molecule has 0 bridgehead atoms. The van der Waals surface area contributed by atoms with E-state index in [0.29, 0.717) is 0 Å². The van der Waals surface area contributed by atoms with Gasteiger partial charge < -0.3 is 0 Å². The van der Waals surface area contributed by atoms with Crippen LogP contribution < -0.4 is 0 Å². The summed E-state index contributed by atoms with van der Waals surface area (Å²) in [7, 11) is 0. The summed E-state index contributed by atoms with van der Waals surface area (Å²) in [6.07, 6.45) is 3.57. The fourth-order valence-corrected chi connectivity index (χ4v) is 7.89. The van der Waals surface area contributed by atoms with Gasteiger partial charge in [0.2, 0.25) is 0 Å². The van der Waals surface area contributed by atoms with Gasteiger partial charge in [0.1, 0.15) is 0 Å². The Balaban J connectivity index is 1.45. The maximum absolute atomic E-state index is 4.85. The third kappa shape index (κ3) is 3.24. The van der Waals surface area contributed by atoms with E-state index in [-0.39, 0.29) is 0 Å². The Morgan fingerprint density at radius 2 is 0.951 bits per heavy atom. The molecule has 0 saturated heterocycles. The van der Waals surface area contributed by atoms with Gasteiger partial charge in [-0.05, 0) is 56.6 Å². The van der Waals surface area contributed by atoms with Gasteiger partial charge in [0, 0.05) is 43.7 Å². The van der Waals surface area contributed by atoms with Crippen molar-refractivity contribution in [3.05, 3.63) is 134 Å². The molecule has 2 heterocycles. The Morgan fingerprint density at radius 1 is 0.390 bits per heavy atom. The van der Waals surface area contributed by atoms with E-state index in [9.17, 15) is 0 Å². The van der Waals surface area contributed by atoms with Crippen molar-refractivity contribution in [3.63, 3.8) is 0 Å². The van der Waals surface area contributed by atoms with Gasteiger partial charge in [-0.2, -0.15) is 0 Å². The van der Waals surface area contributed by atoms with Crippen LogP contribution in [0.3, 0.4) is 0 Å². The first-order valence-corrected chi connectivity index (χ1v) is 14.7. The molecule has 6 aromatic carbocycles. The van der Waals surface area contributed by atoms with Crippen LogP contribution in [0.5, 0.6) is 0 Å². The molecule has 0 amide bonds. The molecule has 0 radical (unpaired) electrons. The molecule has 0 aliphatic heterocycles. The van der Waals surface area contributed by atoms with Crippen LogP contribution in [0.2, 0.25) is 0 Å². The molecule has 1 aliphatic rings. The number of hydrogen-bond donors (Lipinski definition) is 0. The highest BCUT2D eigenvalue weighted by Gasteiger charge is 2.26. The van der Waals surface area contributed by atoms with Gasteiger partial charge in [-0.15, -0.1) is 11.3 Å². The Kier molecular flexibility index (Phi) is 4.80. The second kappa shape index (κ2) is 8.69. The fourth-order valence-electron chi connectivity index (χ4n) is 6.66. The van der Waals surface area contributed by atoms with Gasteiger partial charge in [-0.3, -0.25) is 9.97 Å². The molecule has 2 nitrogen and oxygen atoms in total. The topological polar surface area (TPSA) is 25.8 Å². The molecule has 0 spiro atoms. The summed E-state index contributed by atoms with van der Waals surface area (Å²) in [5, 5.41) is 2.64. The molecule has 1 aliphatic carbocycles. The molecule has 0 unspecified atom stereocenters. The fraction of sp³-hybridized carbons (Fsp3) is 0. The minimum Gasteiger partial charge on any atom is -0.253 e. The van der Waals surface area contributed by atoms with Gasteiger partial charge in [0.15, 0.2) is 0 Å². The summed E-state index contributed by atoms with van der Waals surface area (Å²) in [4.78, 5) is 9.51. The van der Waals surface area contributed by atoms with Crippen molar-refractivity contribution < 1.29 is 0 Å². The van der Waals surface area contributed by atoms with E-state index >= 15 is 0 Å². The Morgan fingerprint density at radius 3 is 1.78 bits per heavy atom. The lowest BCUT2D eigenvalue weighted by atomic mass is 9.78.